The van der Waals surface area contributed by atoms with Crippen molar-refractivity contribution in [2.24, 2.45) is 0 Å². The Kier molecular flexibility index (Phi) is 1.79. The molecule has 0 amide bonds. The van der Waals surface area contributed by atoms with Crippen LogP contribution in [0.15, 0.2) is 18.5 Å². The van der Waals surface area contributed by atoms with Crippen LogP contribution in [0.5, 0.6) is 0 Å². The monoisotopic (exact) mass is 175 g/mol. The van der Waals surface area contributed by atoms with Crippen LogP contribution in [-0.2, 0) is 0 Å². The molecule has 0 radical (unpaired) electrons. The van der Waals surface area contributed by atoms with Crippen molar-refractivity contribution in [3.63, 3.8) is 0 Å². The van der Waals surface area contributed by atoms with Crippen molar-refractivity contribution >= 4 is 5.65 Å². The Bertz CT molecular complexity index is 429. The average Bonchev–Trinajstić information content (AvgIpc) is 2.52. The lowest BCUT2D eigenvalue weighted by molar-refractivity contribution is 0.808. The Balaban J connectivity index is 2.73. The van der Waals surface area contributed by atoms with Gasteiger partial charge in [0, 0.05) is 5.69 Å². The van der Waals surface area contributed by atoms with Crippen molar-refractivity contribution in [2.45, 2.75) is 26.7 Å². The molecular formula is C10H13N3. The van der Waals surface area contributed by atoms with Gasteiger partial charge in [0.25, 0.3) is 0 Å². The minimum Gasteiger partial charge on any atom is -0.218 e. The zero-order valence-corrected chi connectivity index (χ0v) is 8.15. The molecule has 2 aromatic heterocycles. The lowest BCUT2D eigenvalue weighted by Crippen LogP contribution is -2.00. The largest absolute Gasteiger partial charge is 0.218 e. The third-order valence-corrected chi connectivity index (χ3v) is 2.34. The van der Waals surface area contributed by atoms with Gasteiger partial charge >= 0.3 is 0 Å². The third kappa shape index (κ3) is 1.20. The summed E-state index contributed by atoms with van der Waals surface area (Å²) in [6, 6.07) is 4.14. The number of pyridine rings is 1. The third-order valence-electron chi connectivity index (χ3n) is 2.34. The minimum absolute atomic E-state index is 0.536. The molecule has 68 valence electrons. The van der Waals surface area contributed by atoms with Crippen LogP contribution >= 0.6 is 0 Å². The SMILES string of the molecule is Cc1c(C(C)C)ccc2ncnn12. The van der Waals surface area contributed by atoms with E-state index >= 15 is 0 Å². The van der Waals surface area contributed by atoms with Crippen LogP contribution < -0.4 is 0 Å². The van der Waals surface area contributed by atoms with E-state index in [1.165, 1.54) is 11.3 Å². The van der Waals surface area contributed by atoms with Crippen LogP contribution in [0.2, 0.25) is 0 Å². The van der Waals surface area contributed by atoms with Gasteiger partial charge in [0.2, 0.25) is 0 Å². The molecule has 3 nitrogen and oxygen atoms in total. The molecule has 0 spiro atoms. The van der Waals surface area contributed by atoms with Crippen LogP contribution in [0.4, 0.5) is 0 Å². The van der Waals surface area contributed by atoms with E-state index in [-0.39, 0.29) is 0 Å². The average molecular weight is 175 g/mol. The lowest BCUT2D eigenvalue weighted by atomic mass is 10.0. The Morgan fingerprint density at radius 2 is 2.08 bits per heavy atom. The van der Waals surface area contributed by atoms with Crippen molar-refractivity contribution in [1.82, 2.24) is 14.6 Å². The van der Waals surface area contributed by atoms with E-state index in [0.29, 0.717) is 5.92 Å². The zero-order chi connectivity index (χ0) is 9.42. The molecule has 0 saturated heterocycles. The first-order chi connectivity index (χ1) is 6.20. The van der Waals surface area contributed by atoms with E-state index in [1.54, 1.807) is 6.33 Å². The highest BCUT2D eigenvalue weighted by Gasteiger charge is 2.07. The fourth-order valence-corrected chi connectivity index (χ4v) is 1.64. The molecular weight excluding hydrogens is 162 g/mol. The van der Waals surface area contributed by atoms with E-state index in [1.807, 2.05) is 10.6 Å². The standard InChI is InChI=1S/C10H13N3/c1-7(2)9-4-5-10-11-6-12-13(10)8(9)3/h4-7H,1-3H3. The Morgan fingerprint density at radius 3 is 2.77 bits per heavy atom. The molecule has 0 bridgehead atoms. The second-order valence-electron chi connectivity index (χ2n) is 3.56. The molecule has 2 aromatic rings. The van der Waals surface area contributed by atoms with Crippen LogP contribution in [-0.4, -0.2) is 14.6 Å². The Labute approximate surface area is 77.4 Å². The number of fused-ring (bicyclic) bond motifs is 1. The number of nitrogens with zero attached hydrogens (tertiary/aromatic N) is 3. The van der Waals surface area contributed by atoms with Gasteiger partial charge < -0.3 is 0 Å². The molecule has 3 heteroatoms. The Morgan fingerprint density at radius 1 is 1.31 bits per heavy atom. The smallest absolute Gasteiger partial charge is 0.155 e. The van der Waals surface area contributed by atoms with Crippen LogP contribution in [0.3, 0.4) is 0 Å². The molecule has 2 heterocycles. The van der Waals surface area contributed by atoms with Gasteiger partial charge in [-0.1, -0.05) is 19.9 Å². The summed E-state index contributed by atoms with van der Waals surface area (Å²) in [6.07, 6.45) is 1.59. The van der Waals surface area contributed by atoms with E-state index in [2.05, 4.69) is 36.9 Å². The number of aryl methyl sites for hydroxylation is 1. The van der Waals surface area contributed by atoms with Crippen molar-refractivity contribution in [3.05, 3.63) is 29.7 Å². The first-order valence-electron chi connectivity index (χ1n) is 4.49. The molecule has 0 atom stereocenters. The summed E-state index contributed by atoms with van der Waals surface area (Å²) in [5, 5.41) is 4.17. The first kappa shape index (κ1) is 8.23. The van der Waals surface area contributed by atoms with Crippen LogP contribution in [0.25, 0.3) is 5.65 Å². The maximum Gasteiger partial charge on any atom is 0.155 e. The van der Waals surface area contributed by atoms with E-state index < -0.39 is 0 Å². The highest BCUT2D eigenvalue weighted by molar-refractivity contribution is 5.41. The van der Waals surface area contributed by atoms with Crippen molar-refractivity contribution < 1.29 is 0 Å². The molecule has 13 heavy (non-hydrogen) atoms. The fourth-order valence-electron chi connectivity index (χ4n) is 1.64. The lowest BCUT2D eigenvalue weighted by Gasteiger charge is -2.09. The maximum absolute atomic E-state index is 4.17. The van der Waals surface area contributed by atoms with E-state index in [0.717, 1.165) is 5.65 Å². The summed E-state index contributed by atoms with van der Waals surface area (Å²) in [5.74, 6) is 0.536. The molecule has 0 unspecified atom stereocenters. The summed E-state index contributed by atoms with van der Waals surface area (Å²) < 4.78 is 1.88. The Hall–Kier alpha value is -1.38. The van der Waals surface area contributed by atoms with Crippen molar-refractivity contribution in [1.29, 1.82) is 0 Å². The molecule has 2 rings (SSSR count). The number of hydrogen-bond donors (Lipinski definition) is 0. The molecule has 0 aliphatic carbocycles. The van der Waals surface area contributed by atoms with Gasteiger partial charge in [-0.05, 0) is 24.5 Å². The zero-order valence-electron chi connectivity index (χ0n) is 8.15. The van der Waals surface area contributed by atoms with Gasteiger partial charge in [0.05, 0.1) is 0 Å². The van der Waals surface area contributed by atoms with Gasteiger partial charge in [0.1, 0.15) is 6.33 Å². The first-order valence-corrected chi connectivity index (χ1v) is 4.49. The van der Waals surface area contributed by atoms with E-state index in [4.69, 9.17) is 0 Å². The van der Waals surface area contributed by atoms with Crippen molar-refractivity contribution in [2.75, 3.05) is 0 Å². The molecule has 0 aromatic carbocycles. The minimum atomic E-state index is 0.536. The summed E-state index contributed by atoms with van der Waals surface area (Å²) in [6.45, 7) is 6.45. The van der Waals surface area contributed by atoms with Crippen LogP contribution in [0.1, 0.15) is 31.0 Å². The molecule has 0 fully saturated rings. The van der Waals surface area contributed by atoms with Crippen LogP contribution in [0, 0.1) is 6.92 Å². The molecule has 0 aliphatic heterocycles. The quantitative estimate of drug-likeness (QED) is 0.664. The summed E-state index contributed by atoms with van der Waals surface area (Å²) in [4.78, 5) is 4.13. The summed E-state index contributed by atoms with van der Waals surface area (Å²) >= 11 is 0. The topological polar surface area (TPSA) is 30.2 Å². The molecule has 0 N–H and O–H groups in total. The predicted octanol–water partition coefficient (Wildman–Crippen LogP) is 2.16. The van der Waals surface area contributed by atoms with Gasteiger partial charge in [-0.15, -0.1) is 0 Å². The predicted molar refractivity (Wildman–Crippen MR) is 51.8 cm³/mol. The number of hydrogen-bond acceptors (Lipinski definition) is 2. The van der Waals surface area contributed by atoms with Gasteiger partial charge in [0.15, 0.2) is 5.65 Å². The van der Waals surface area contributed by atoms with E-state index in [9.17, 15) is 0 Å². The summed E-state index contributed by atoms with van der Waals surface area (Å²) in [5.41, 5.74) is 3.44. The second-order valence-corrected chi connectivity index (χ2v) is 3.56. The normalized spacial score (nSPS) is 11.4. The highest BCUT2D eigenvalue weighted by Crippen LogP contribution is 2.18. The summed E-state index contributed by atoms with van der Waals surface area (Å²) in [7, 11) is 0. The highest BCUT2D eigenvalue weighted by atomic mass is 15.3. The molecule has 0 aliphatic rings. The second kappa shape index (κ2) is 2.83. The van der Waals surface area contributed by atoms with Gasteiger partial charge in [-0.2, -0.15) is 5.10 Å². The van der Waals surface area contributed by atoms with Gasteiger partial charge in [-0.3, -0.25) is 0 Å². The molecule has 0 saturated carbocycles. The number of rotatable bonds is 1. The number of aromatic nitrogens is 3. The van der Waals surface area contributed by atoms with Crippen molar-refractivity contribution in [3.8, 4) is 0 Å². The van der Waals surface area contributed by atoms with Gasteiger partial charge in [-0.25, -0.2) is 9.50 Å². The fraction of sp³-hybridized carbons (Fsp3) is 0.400. The maximum atomic E-state index is 4.17.